The van der Waals surface area contributed by atoms with Gasteiger partial charge in [0.25, 0.3) is 0 Å². The summed E-state index contributed by atoms with van der Waals surface area (Å²) in [5.74, 6) is 0.976. The van der Waals surface area contributed by atoms with E-state index in [1.165, 1.54) is 0 Å². The first kappa shape index (κ1) is 8.01. The summed E-state index contributed by atoms with van der Waals surface area (Å²) in [5.41, 5.74) is 0.107. The Morgan fingerprint density at radius 3 is 3.17 bits per heavy atom. The lowest BCUT2D eigenvalue weighted by Gasteiger charge is -2.02. The third-order valence-corrected chi connectivity index (χ3v) is 3.01. The van der Waals surface area contributed by atoms with Gasteiger partial charge in [0.1, 0.15) is 6.33 Å². The summed E-state index contributed by atoms with van der Waals surface area (Å²) in [6.07, 6.45) is 3.32. The molecule has 12 heavy (non-hydrogen) atoms. The molecular weight excluding hydrogens is 172 g/mol. The van der Waals surface area contributed by atoms with Crippen molar-refractivity contribution in [2.24, 2.45) is 0 Å². The molecule has 64 valence electrons. The number of nitrogens with zero attached hydrogens (tertiary/aromatic N) is 2. The molecule has 1 unspecified atom stereocenters. The molecule has 1 fully saturated rings. The summed E-state index contributed by atoms with van der Waals surface area (Å²) < 4.78 is 5.25. The van der Waals surface area contributed by atoms with Crippen LogP contribution in [-0.4, -0.2) is 27.9 Å². The van der Waals surface area contributed by atoms with E-state index in [1.807, 2.05) is 6.07 Å². The highest BCUT2D eigenvalue weighted by Crippen LogP contribution is 2.32. The van der Waals surface area contributed by atoms with Gasteiger partial charge in [0, 0.05) is 11.9 Å². The van der Waals surface area contributed by atoms with Crippen molar-refractivity contribution < 1.29 is 4.74 Å². The monoisotopic (exact) mass is 182 g/mol. The Morgan fingerprint density at radius 1 is 1.75 bits per heavy atom. The van der Waals surface area contributed by atoms with Gasteiger partial charge in [-0.05, 0) is 13.0 Å². The third-order valence-electron chi connectivity index (χ3n) is 1.72. The van der Waals surface area contributed by atoms with Crippen molar-refractivity contribution in [3.8, 4) is 0 Å². The molecule has 1 aromatic rings. The van der Waals surface area contributed by atoms with E-state index in [1.54, 1.807) is 24.3 Å². The van der Waals surface area contributed by atoms with Gasteiger partial charge in [-0.25, -0.2) is 9.97 Å². The van der Waals surface area contributed by atoms with Crippen molar-refractivity contribution >= 4 is 11.8 Å². The lowest BCUT2D eigenvalue weighted by Crippen LogP contribution is -2.07. The second-order valence-corrected chi connectivity index (χ2v) is 4.07. The van der Waals surface area contributed by atoms with Crippen LogP contribution in [0.25, 0.3) is 0 Å². The van der Waals surface area contributed by atoms with E-state index in [0.29, 0.717) is 0 Å². The van der Waals surface area contributed by atoms with E-state index in [-0.39, 0.29) is 5.60 Å². The molecule has 2 rings (SSSR count). The van der Waals surface area contributed by atoms with Gasteiger partial charge in [-0.3, -0.25) is 0 Å². The molecule has 0 amide bonds. The average molecular weight is 182 g/mol. The fourth-order valence-electron chi connectivity index (χ4n) is 0.797. The number of hydrogen-bond acceptors (Lipinski definition) is 4. The molecule has 0 N–H and O–H groups in total. The Bertz CT molecular complexity index is 261. The van der Waals surface area contributed by atoms with Gasteiger partial charge in [-0.2, -0.15) is 0 Å². The summed E-state index contributed by atoms with van der Waals surface area (Å²) >= 11 is 1.71. The number of aromatic nitrogens is 2. The van der Waals surface area contributed by atoms with Crippen LogP contribution in [-0.2, 0) is 4.74 Å². The van der Waals surface area contributed by atoms with E-state index in [4.69, 9.17) is 4.74 Å². The third kappa shape index (κ3) is 1.95. The van der Waals surface area contributed by atoms with Crippen LogP contribution in [0.15, 0.2) is 23.6 Å². The normalized spacial score (nSPS) is 27.1. The number of hydrogen-bond donors (Lipinski definition) is 0. The van der Waals surface area contributed by atoms with E-state index in [2.05, 4.69) is 16.9 Å². The minimum absolute atomic E-state index is 0.107. The van der Waals surface area contributed by atoms with Gasteiger partial charge >= 0.3 is 0 Å². The first-order valence-corrected chi connectivity index (χ1v) is 4.80. The van der Waals surface area contributed by atoms with Crippen molar-refractivity contribution in [2.45, 2.75) is 17.6 Å². The summed E-state index contributed by atoms with van der Waals surface area (Å²) in [6, 6.07) is 1.91. The Kier molecular flexibility index (Phi) is 2.02. The van der Waals surface area contributed by atoms with Crippen molar-refractivity contribution in [2.75, 3.05) is 12.4 Å². The molecule has 1 aromatic heterocycles. The Morgan fingerprint density at radius 2 is 2.58 bits per heavy atom. The van der Waals surface area contributed by atoms with Gasteiger partial charge in [-0.15, -0.1) is 11.8 Å². The molecule has 1 aliphatic rings. The maximum Gasteiger partial charge on any atom is 0.116 e. The fraction of sp³-hybridized carbons (Fsp3) is 0.500. The summed E-state index contributed by atoms with van der Waals surface area (Å²) in [6.45, 7) is 2.99. The second kappa shape index (κ2) is 3.03. The maximum absolute atomic E-state index is 5.25. The molecule has 0 bridgehead atoms. The minimum Gasteiger partial charge on any atom is -0.369 e. The fourth-order valence-corrected chi connectivity index (χ4v) is 1.70. The predicted octanol–water partition coefficient (Wildman–Crippen LogP) is 1.36. The SMILES string of the molecule is CC1(CSc2ccncn2)CO1. The molecule has 1 saturated heterocycles. The van der Waals surface area contributed by atoms with Crippen LogP contribution in [0, 0.1) is 0 Å². The number of ether oxygens (including phenoxy) is 1. The van der Waals surface area contributed by atoms with Gasteiger partial charge < -0.3 is 4.74 Å². The van der Waals surface area contributed by atoms with Gasteiger partial charge in [-0.1, -0.05) is 0 Å². The van der Waals surface area contributed by atoms with Crippen LogP contribution in [0.2, 0.25) is 0 Å². The van der Waals surface area contributed by atoms with E-state index < -0.39 is 0 Å². The Labute approximate surface area is 75.6 Å². The zero-order valence-corrected chi connectivity index (χ0v) is 7.67. The number of thioether (sulfide) groups is 1. The lowest BCUT2D eigenvalue weighted by molar-refractivity contribution is 0.348. The van der Waals surface area contributed by atoms with E-state index >= 15 is 0 Å². The predicted molar refractivity (Wildman–Crippen MR) is 47.1 cm³/mol. The number of epoxide rings is 1. The van der Waals surface area contributed by atoms with Crippen molar-refractivity contribution in [1.29, 1.82) is 0 Å². The average Bonchev–Trinajstić information content (AvgIpc) is 2.84. The van der Waals surface area contributed by atoms with Crippen LogP contribution >= 0.6 is 11.8 Å². The summed E-state index contributed by atoms with van der Waals surface area (Å²) in [5, 5.41) is 1.02. The van der Waals surface area contributed by atoms with E-state index in [0.717, 1.165) is 17.4 Å². The molecule has 4 heteroatoms. The van der Waals surface area contributed by atoms with E-state index in [9.17, 15) is 0 Å². The van der Waals surface area contributed by atoms with Gasteiger partial charge in [0.2, 0.25) is 0 Å². The topological polar surface area (TPSA) is 38.3 Å². The Balaban J connectivity index is 1.88. The molecular formula is C8H10N2OS. The van der Waals surface area contributed by atoms with Gasteiger partial charge in [0.15, 0.2) is 0 Å². The van der Waals surface area contributed by atoms with Gasteiger partial charge in [0.05, 0.1) is 17.2 Å². The molecule has 1 atom stereocenters. The zero-order valence-electron chi connectivity index (χ0n) is 6.86. The highest BCUT2D eigenvalue weighted by Gasteiger charge is 2.39. The van der Waals surface area contributed by atoms with Crippen LogP contribution in [0.1, 0.15) is 6.92 Å². The molecule has 2 heterocycles. The zero-order chi connectivity index (χ0) is 8.44. The summed E-state index contributed by atoms with van der Waals surface area (Å²) in [7, 11) is 0. The van der Waals surface area contributed by atoms with Crippen molar-refractivity contribution in [3.63, 3.8) is 0 Å². The second-order valence-electron chi connectivity index (χ2n) is 3.07. The van der Waals surface area contributed by atoms with Crippen LogP contribution in [0.3, 0.4) is 0 Å². The standard InChI is InChI=1S/C8H10N2OS/c1-8(4-11-8)5-12-7-2-3-9-6-10-7/h2-3,6H,4-5H2,1H3. The number of rotatable bonds is 3. The van der Waals surface area contributed by atoms with Crippen LogP contribution in [0.5, 0.6) is 0 Å². The first-order valence-electron chi connectivity index (χ1n) is 3.81. The molecule has 0 saturated carbocycles. The molecule has 0 aromatic carbocycles. The highest BCUT2D eigenvalue weighted by molar-refractivity contribution is 7.99. The summed E-state index contributed by atoms with van der Waals surface area (Å²) in [4.78, 5) is 7.96. The van der Waals surface area contributed by atoms with Crippen molar-refractivity contribution in [3.05, 3.63) is 18.6 Å². The smallest absolute Gasteiger partial charge is 0.116 e. The highest BCUT2D eigenvalue weighted by atomic mass is 32.2. The maximum atomic E-state index is 5.25. The molecule has 3 nitrogen and oxygen atoms in total. The molecule has 0 aliphatic carbocycles. The first-order chi connectivity index (χ1) is 5.79. The molecule has 0 spiro atoms. The minimum atomic E-state index is 0.107. The Hall–Kier alpha value is -0.610. The lowest BCUT2D eigenvalue weighted by atomic mass is 10.3. The largest absolute Gasteiger partial charge is 0.369 e. The van der Waals surface area contributed by atoms with Crippen LogP contribution in [0.4, 0.5) is 0 Å². The quantitative estimate of drug-likeness (QED) is 0.402. The molecule has 0 radical (unpaired) electrons. The van der Waals surface area contributed by atoms with Crippen LogP contribution < -0.4 is 0 Å². The van der Waals surface area contributed by atoms with Crippen molar-refractivity contribution in [1.82, 2.24) is 9.97 Å². The molecule has 1 aliphatic heterocycles.